The first-order valence-corrected chi connectivity index (χ1v) is 32.3. The van der Waals surface area contributed by atoms with Crippen LogP contribution in [0.3, 0.4) is 0 Å². The molecule has 0 aromatic rings. The van der Waals surface area contributed by atoms with Gasteiger partial charge in [0.15, 0.2) is 6.10 Å². The molecule has 2 atom stereocenters. The molecule has 71 heavy (non-hydrogen) atoms. The van der Waals surface area contributed by atoms with Crippen molar-refractivity contribution >= 4 is 17.9 Å². The van der Waals surface area contributed by atoms with Gasteiger partial charge in [0.1, 0.15) is 13.2 Å². The zero-order valence-corrected chi connectivity index (χ0v) is 48.9. The summed E-state index contributed by atoms with van der Waals surface area (Å²) < 4.78 is 17.0. The molecule has 0 bridgehead atoms. The molecule has 0 aromatic carbocycles. The van der Waals surface area contributed by atoms with Gasteiger partial charge in [-0.05, 0) is 31.1 Å². The van der Waals surface area contributed by atoms with E-state index in [1.54, 1.807) is 0 Å². The van der Waals surface area contributed by atoms with Gasteiger partial charge in [0.05, 0.1) is 0 Å². The summed E-state index contributed by atoms with van der Waals surface area (Å²) in [5, 5.41) is 0. The predicted molar refractivity (Wildman–Crippen MR) is 307 cm³/mol. The molecule has 0 aliphatic carbocycles. The molecule has 1 unspecified atom stereocenters. The Morgan fingerprint density at radius 2 is 0.535 bits per heavy atom. The number of hydrogen-bond donors (Lipinski definition) is 0. The Labute approximate surface area is 444 Å². The van der Waals surface area contributed by atoms with Gasteiger partial charge >= 0.3 is 17.9 Å². The van der Waals surface area contributed by atoms with Crippen LogP contribution in [0.4, 0.5) is 0 Å². The van der Waals surface area contributed by atoms with Gasteiger partial charge in [-0.3, -0.25) is 14.4 Å². The quantitative estimate of drug-likeness (QED) is 0.0343. The fraction of sp³-hybridized carbons (Fsp3) is 0.954. The highest BCUT2D eigenvalue weighted by molar-refractivity contribution is 5.71. The molecule has 0 heterocycles. The minimum Gasteiger partial charge on any atom is -0.462 e. The van der Waals surface area contributed by atoms with Crippen LogP contribution in [0.5, 0.6) is 0 Å². The molecule has 0 amide bonds. The van der Waals surface area contributed by atoms with E-state index in [2.05, 4.69) is 34.6 Å². The number of rotatable bonds is 59. The zero-order valence-electron chi connectivity index (χ0n) is 48.9. The van der Waals surface area contributed by atoms with Gasteiger partial charge in [0.2, 0.25) is 0 Å². The standard InChI is InChI=1S/C65H126O6/c1-6-8-9-10-11-12-13-14-15-19-25-30-35-40-45-50-55-63(66)69-58-62(71-65(68)57-52-47-42-37-32-27-22-21-24-29-34-39-44-49-54-61(5)7-2)59-70-64(67)56-51-46-41-36-31-26-20-17-16-18-23-28-33-38-43-48-53-60(3)4/h60-62H,6-59H2,1-5H3/t61?,62-/m0/s1. The molecule has 0 aliphatic rings. The average Bonchev–Trinajstić information content (AvgIpc) is 3.36. The third kappa shape index (κ3) is 57.5. The number of ether oxygens (including phenoxy) is 3. The lowest BCUT2D eigenvalue weighted by molar-refractivity contribution is -0.167. The molecule has 0 radical (unpaired) electrons. The van der Waals surface area contributed by atoms with E-state index in [1.807, 2.05) is 0 Å². The number of carbonyl (C=O) groups is 3. The van der Waals surface area contributed by atoms with Gasteiger partial charge < -0.3 is 14.2 Å². The van der Waals surface area contributed by atoms with Crippen molar-refractivity contribution in [2.75, 3.05) is 13.2 Å². The predicted octanol–water partition coefficient (Wildman–Crippen LogP) is 21.6. The second kappa shape index (κ2) is 57.7. The van der Waals surface area contributed by atoms with E-state index in [0.29, 0.717) is 19.3 Å². The SMILES string of the molecule is CCCCCCCCCCCCCCCCCCC(=O)OC[C@@H](COC(=O)CCCCCCCCCCCCCCCCCCC(C)C)OC(=O)CCCCCCCCCCCCCCCCC(C)CC. The molecule has 0 fully saturated rings. The highest BCUT2D eigenvalue weighted by atomic mass is 16.6. The van der Waals surface area contributed by atoms with E-state index in [-0.39, 0.29) is 31.1 Å². The fourth-order valence-corrected chi connectivity index (χ4v) is 10.1. The molecule has 0 rings (SSSR count). The highest BCUT2D eigenvalue weighted by Crippen LogP contribution is 2.19. The van der Waals surface area contributed by atoms with Crippen molar-refractivity contribution in [1.82, 2.24) is 0 Å². The topological polar surface area (TPSA) is 78.9 Å². The number of unbranched alkanes of at least 4 members (excludes halogenated alkanes) is 43. The van der Waals surface area contributed by atoms with Gasteiger partial charge in [0.25, 0.3) is 0 Å². The lowest BCUT2D eigenvalue weighted by Crippen LogP contribution is -2.30. The van der Waals surface area contributed by atoms with Crippen LogP contribution in [0.2, 0.25) is 0 Å². The Morgan fingerprint density at radius 3 is 0.803 bits per heavy atom. The molecular weight excluding hydrogens is 877 g/mol. The van der Waals surface area contributed by atoms with Crippen LogP contribution in [0, 0.1) is 11.8 Å². The summed E-state index contributed by atoms with van der Waals surface area (Å²) in [6.07, 6.45) is 63.8. The summed E-state index contributed by atoms with van der Waals surface area (Å²) in [4.78, 5) is 38.3. The summed E-state index contributed by atoms with van der Waals surface area (Å²) in [6, 6.07) is 0. The molecule has 0 aliphatic heterocycles. The molecule has 0 N–H and O–H groups in total. The Bertz CT molecular complexity index is 1090. The van der Waals surface area contributed by atoms with Crippen LogP contribution >= 0.6 is 0 Å². The van der Waals surface area contributed by atoms with E-state index in [0.717, 1.165) is 69.6 Å². The average molecular weight is 1000 g/mol. The van der Waals surface area contributed by atoms with Gasteiger partial charge in [-0.15, -0.1) is 0 Å². The maximum atomic E-state index is 12.9. The molecule has 422 valence electrons. The van der Waals surface area contributed by atoms with E-state index in [4.69, 9.17) is 14.2 Å². The van der Waals surface area contributed by atoms with Crippen molar-refractivity contribution in [2.24, 2.45) is 11.8 Å². The highest BCUT2D eigenvalue weighted by Gasteiger charge is 2.19. The van der Waals surface area contributed by atoms with Crippen molar-refractivity contribution in [3.05, 3.63) is 0 Å². The minimum absolute atomic E-state index is 0.0617. The maximum absolute atomic E-state index is 12.9. The second-order valence-corrected chi connectivity index (χ2v) is 23.1. The third-order valence-corrected chi connectivity index (χ3v) is 15.3. The summed E-state index contributed by atoms with van der Waals surface area (Å²) in [5.74, 6) is 0.917. The second-order valence-electron chi connectivity index (χ2n) is 23.1. The van der Waals surface area contributed by atoms with Gasteiger partial charge in [0, 0.05) is 19.3 Å². The van der Waals surface area contributed by atoms with Crippen LogP contribution in [-0.4, -0.2) is 37.2 Å². The molecule has 0 saturated carbocycles. The zero-order chi connectivity index (χ0) is 51.8. The smallest absolute Gasteiger partial charge is 0.306 e. The number of esters is 3. The van der Waals surface area contributed by atoms with Gasteiger partial charge in [-0.2, -0.15) is 0 Å². The van der Waals surface area contributed by atoms with E-state index in [9.17, 15) is 14.4 Å². The van der Waals surface area contributed by atoms with Crippen molar-refractivity contribution in [3.8, 4) is 0 Å². The van der Waals surface area contributed by atoms with E-state index < -0.39 is 6.10 Å². The maximum Gasteiger partial charge on any atom is 0.306 e. The monoisotopic (exact) mass is 1000 g/mol. The molecule has 6 heteroatoms. The van der Waals surface area contributed by atoms with Gasteiger partial charge in [-0.25, -0.2) is 0 Å². The Balaban J connectivity index is 4.29. The summed E-state index contributed by atoms with van der Waals surface area (Å²) >= 11 is 0. The van der Waals surface area contributed by atoms with Gasteiger partial charge in [-0.1, -0.05) is 330 Å². The molecule has 0 spiro atoms. The van der Waals surface area contributed by atoms with Crippen LogP contribution in [-0.2, 0) is 28.6 Å². The van der Waals surface area contributed by atoms with Crippen molar-refractivity contribution in [3.63, 3.8) is 0 Å². The van der Waals surface area contributed by atoms with Crippen LogP contribution < -0.4 is 0 Å². The minimum atomic E-state index is -0.764. The molecule has 6 nitrogen and oxygen atoms in total. The Hall–Kier alpha value is -1.59. The number of carbonyl (C=O) groups excluding carboxylic acids is 3. The lowest BCUT2D eigenvalue weighted by Gasteiger charge is -2.18. The third-order valence-electron chi connectivity index (χ3n) is 15.3. The van der Waals surface area contributed by atoms with E-state index >= 15 is 0 Å². The summed E-state index contributed by atoms with van der Waals surface area (Å²) in [6.45, 7) is 11.5. The van der Waals surface area contributed by atoms with Crippen LogP contribution in [0.1, 0.15) is 369 Å². The molecule has 0 aromatic heterocycles. The van der Waals surface area contributed by atoms with Crippen molar-refractivity contribution in [1.29, 1.82) is 0 Å². The van der Waals surface area contributed by atoms with Crippen LogP contribution in [0.15, 0.2) is 0 Å². The first kappa shape index (κ1) is 69.4. The summed E-state index contributed by atoms with van der Waals surface area (Å²) in [7, 11) is 0. The largest absolute Gasteiger partial charge is 0.462 e. The first-order chi connectivity index (χ1) is 34.8. The van der Waals surface area contributed by atoms with E-state index in [1.165, 1.54) is 257 Å². The Kier molecular flexibility index (Phi) is 56.4. The molecule has 0 saturated heterocycles. The fourth-order valence-electron chi connectivity index (χ4n) is 10.1. The lowest BCUT2D eigenvalue weighted by atomic mass is 9.99. The number of hydrogen-bond acceptors (Lipinski definition) is 6. The van der Waals surface area contributed by atoms with Crippen molar-refractivity contribution < 1.29 is 28.6 Å². The first-order valence-electron chi connectivity index (χ1n) is 32.3. The Morgan fingerprint density at radius 1 is 0.296 bits per heavy atom. The normalized spacial score (nSPS) is 12.4. The molecular formula is C65H126O6. The summed E-state index contributed by atoms with van der Waals surface area (Å²) in [5.41, 5.74) is 0. The van der Waals surface area contributed by atoms with Crippen LogP contribution in [0.25, 0.3) is 0 Å². The van der Waals surface area contributed by atoms with Crippen molar-refractivity contribution in [2.45, 2.75) is 375 Å².